The molecule has 3 rings (SSSR count). The number of halogens is 2. The zero-order valence-corrected chi connectivity index (χ0v) is 12.4. The summed E-state index contributed by atoms with van der Waals surface area (Å²) in [5, 5.41) is 0. The van der Waals surface area contributed by atoms with Gasteiger partial charge in [0.1, 0.15) is 0 Å². The first-order valence-electron chi connectivity index (χ1n) is 6.79. The van der Waals surface area contributed by atoms with Crippen molar-refractivity contribution in [2.24, 2.45) is 0 Å². The first kappa shape index (κ1) is 13.6. The van der Waals surface area contributed by atoms with Gasteiger partial charge in [-0.3, -0.25) is 0 Å². The Bertz CT molecular complexity index is 633. The summed E-state index contributed by atoms with van der Waals surface area (Å²) >= 11 is 1.58. The maximum absolute atomic E-state index is 13.4. The molecule has 2 heterocycles. The number of alkyl halides is 2. The average molecular weight is 293 g/mol. The molecular formula is C16H17F2NS. The molecule has 0 spiro atoms. The SMILES string of the molecule is Cc1ccc(-c2cc3c(cc2C(F)F)N(C)CCC3)s1. The van der Waals surface area contributed by atoms with Gasteiger partial charge in [0.05, 0.1) is 0 Å². The molecule has 0 amide bonds. The summed E-state index contributed by atoms with van der Waals surface area (Å²) in [6.45, 7) is 2.94. The smallest absolute Gasteiger partial charge is 0.264 e. The summed E-state index contributed by atoms with van der Waals surface area (Å²) in [4.78, 5) is 4.16. The van der Waals surface area contributed by atoms with Crippen LogP contribution in [0.3, 0.4) is 0 Å². The highest BCUT2D eigenvalue weighted by Crippen LogP contribution is 2.40. The molecule has 0 bridgehead atoms. The molecule has 0 unspecified atom stereocenters. The molecule has 0 aliphatic carbocycles. The highest BCUT2D eigenvalue weighted by molar-refractivity contribution is 7.15. The first-order chi connectivity index (χ1) is 9.56. The number of nitrogens with zero attached hydrogens (tertiary/aromatic N) is 1. The molecule has 0 saturated carbocycles. The number of anilines is 1. The zero-order valence-electron chi connectivity index (χ0n) is 11.6. The number of aryl methyl sites for hydroxylation is 2. The Morgan fingerprint density at radius 2 is 2.05 bits per heavy atom. The predicted molar refractivity (Wildman–Crippen MR) is 81.0 cm³/mol. The van der Waals surface area contributed by atoms with Crippen LogP contribution in [-0.4, -0.2) is 13.6 Å². The summed E-state index contributed by atoms with van der Waals surface area (Å²) in [5.74, 6) is 0. The van der Waals surface area contributed by atoms with Crippen LogP contribution in [0.2, 0.25) is 0 Å². The molecule has 20 heavy (non-hydrogen) atoms. The van der Waals surface area contributed by atoms with Crippen molar-refractivity contribution in [3.8, 4) is 10.4 Å². The van der Waals surface area contributed by atoms with E-state index >= 15 is 0 Å². The third-order valence-electron chi connectivity index (χ3n) is 3.84. The van der Waals surface area contributed by atoms with E-state index < -0.39 is 6.43 Å². The lowest BCUT2D eigenvalue weighted by Crippen LogP contribution is -2.24. The molecule has 0 fully saturated rings. The van der Waals surface area contributed by atoms with Crippen LogP contribution in [0, 0.1) is 6.92 Å². The van der Waals surface area contributed by atoms with Crippen LogP contribution in [-0.2, 0) is 6.42 Å². The van der Waals surface area contributed by atoms with Crippen LogP contribution < -0.4 is 4.90 Å². The van der Waals surface area contributed by atoms with Gasteiger partial charge in [-0.05, 0) is 49.6 Å². The Labute approximate surface area is 121 Å². The molecular weight excluding hydrogens is 276 g/mol. The summed E-state index contributed by atoms with van der Waals surface area (Å²) < 4.78 is 26.8. The van der Waals surface area contributed by atoms with Gasteiger partial charge in [0.25, 0.3) is 6.43 Å². The van der Waals surface area contributed by atoms with E-state index in [1.807, 2.05) is 32.2 Å². The number of benzene rings is 1. The number of rotatable bonds is 2. The Balaban J connectivity index is 2.18. The third-order valence-corrected chi connectivity index (χ3v) is 4.88. The molecule has 2 aromatic rings. The minimum atomic E-state index is -2.44. The van der Waals surface area contributed by atoms with E-state index in [1.165, 1.54) is 5.56 Å². The fourth-order valence-electron chi connectivity index (χ4n) is 2.81. The topological polar surface area (TPSA) is 3.24 Å². The Morgan fingerprint density at radius 1 is 1.25 bits per heavy atom. The van der Waals surface area contributed by atoms with Gasteiger partial charge in [0.15, 0.2) is 0 Å². The molecule has 0 atom stereocenters. The van der Waals surface area contributed by atoms with Gasteiger partial charge in [0, 0.05) is 40.2 Å². The van der Waals surface area contributed by atoms with E-state index in [1.54, 1.807) is 17.4 Å². The molecule has 4 heteroatoms. The van der Waals surface area contributed by atoms with Crippen LogP contribution in [0.25, 0.3) is 10.4 Å². The van der Waals surface area contributed by atoms with Crippen molar-refractivity contribution in [2.75, 3.05) is 18.5 Å². The number of hydrogen-bond acceptors (Lipinski definition) is 2. The molecule has 1 aliphatic rings. The number of hydrogen-bond donors (Lipinski definition) is 0. The van der Waals surface area contributed by atoms with Gasteiger partial charge in [-0.15, -0.1) is 11.3 Å². The standard InChI is InChI=1S/C16H17F2NS/c1-10-5-6-15(20-10)12-8-11-4-3-7-19(2)14(11)9-13(12)16(17)18/h5-6,8-9,16H,3-4,7H2,1-2H3. The molecule has 1 nitrogen and oxygen atoms in total. The van der Waals surface area contributed by atoms with Gasteiger partial charge >= 0.3 is 0 Å². The van der Waals surface area contributed by atoms with Crippen molar-refractivity contribution in [3.63, 3.8) is 0 Å². The first-order valence-corrected chi connectivity index (χ1v) is 7.61. The largest absolute Gasteiger partial charge is 0.374 e. The van der Waals surface area contributed by atoms with Crippen LogP contribution >= 0.6 is 11.3 Å². The lowest BCUT2D eigenvalue weighted by Gasteiger charge is -2.29. The van der Waals surface area contributed by atoms with Crippen molar-refractivity contribution in [2.45, 2.75) is 26.2 Å². The minimum Gasteiger partial charge on any atom is -0.374 e. The number of thiophene rings is 1. The van der Waals surface area contributed by atoms with E-state index in [0.717, 1.165) is 34.8 Å². The second kappa shape index (κ2) is 5.17. The molecule has 1 aromatic heterocycles. The van der Waals surface area contributed by atoms with E-state index in [9.17, 15) is 8.78 Å². The molecule has 1 aliphatic heterocycles. The van der Waals surface area contributed by atoms with Crippen LogP contribution in [0.1, 0.15) is 28.9 Å². The number of fused-ring (bicyclic) bond motifs is 1. The molecule has 106 valence electrons. The van der Waals surface area contributed by atoms with Gasteiger partial charge in [0.2, 0.25) is 0 Å². The second-order valence-electron chi connectivity index (χ2n) is 5.30. The van der Waals surface area contributed by atoms with Crippen molar-refractivity contribution < 1.29 is 8.78 Å². The predicted octanol–water partition coefficient (Wildman–Crippen LogP) is 5.04. The fourth-order valence-corrected chi connectivity index (χ4v) is 3.71. The molecule has 1 aromatic carbocycles. The third kappa shape index (κ3) is 2.33. The molecule has 0 N–H and O–H groups in total. The molecule has 0 radical (unpaired) electrons. The van der Waals surface area contributed by atoms with E-state index in [4.69, 9.17) is 0 Å². The quantitative estimate of drug-likeness (QED) is 0.749. The Kier molecular flexibility index (Phi) is 3.50. The van der Waals surface area contributed by atoms with Crippen LogP contribution in [0.15, 0.2) is 24.3 Å². The van der Waals surface area contributed by atoms with Crippen LogP contribution in [0.4, 0.5) is 14.5 Å². The summed E-state index contributed by atoms with van der Waals surface area (Å²) in [7, 11) is 1.97. The Morgan fingerprint density at radius 3 is 2.70 bits per heavy atom. The molecule has 0 saturated heterocycles. The van der Waals surface area contributed by atoms with E-state index in [-0.39, 0.29) is 5.56 Å². The van der Waals surface area contributed by atoms with Crippen molar-refractivity contribution >= 4 is 17.0 Å². The van der Waals surface area contributed by atoms with Gasteiger partial charge in [-0.25, -0.2) is 8.78 Å². The van der Waals surface area contributed by atoms with Gasteiger partial charge in [-0.2, -0.15) is 0 Å². The zero-order chi connectivity index (χ0) is 14.3. The fraction of sp³-hybridized carbons (Fsp3) is 0.375. The van der Waals surface area contributed by atoms with Gasteiger partial charge < -0.3 is 4.90 Å². The lowest BCUT2D eigenvalue weighted by molar-refractivity contribution is 0.152. The van der Waals surface area contributed by atoms with Crippen molar-refractivity contribution in [1.29, 1.82) is 0 Å². The second-order valence-corrected chi connectivity index (χ2v) is 6.59. The van der Waals surface area contributed by atoms with Crippen molar-refractivity contribution in [1.82, 2.24) is 0 Å². The normalized spacial score (nSPS) is 14.8. The lowest BCUT2D eigenvalue weighted by atomic mass is 9.95. The average Bonchev–Trinajstić information content (AvgIpc) is 2.84. The summed E-state index contributed by atoms with van der Waals surface area (Å²) in [6.07, 6.45) is -0.380. The summed E-state index contributed by atoms with van der Waals surface area (Å²) in [5.41, 5.74) is 3.00. The van der Waals surface area contributed by atoms with E-state index in [0.29, 0.717) is 5.56 Å². The van der Waals surface area contributed by atoms with E-state index in [2.05, 4.69) is 4.90 Å². The highest BCUT2D eigenvalue weighted by atomic mass is 32.1. The monoisotopic (exact) mass is 293 g/mol. The van der Waals surface area contributed by atoms with Crippen molar-refractivity contribution in [3.05, 3.63) is 40.3 Å². The summed E-state index contributed by atoms with van der Waals surface area (Å²) in [6, 6.07) is 7.59. The minimum absolute atomic E-state index is 0.152. The maximum Gasteiger partial charge on any atom is 0.264 e. The van der Waals surface area contributed by atoms with Crippen LogP contribution in [0.5, 0.6) is 0 Å². The maximum atomic E-state index is 13.4. The highest BCUT2D eigenvalue weighted by Gasteiger charge is 2.22. The van der Waals surface area contributed by atoms with Gasteiger partial charge in [-0.1, -0.05) is 0 Å². The Hall–Kier alpha value is -1.42.